The van der Waals surface area contributed by atoms with E-state index in [9.17, 15) is 0 Å². The molecule has 2 atom stereocenters. The number of nitrogens with two attached hydrogens (primary N) is 2. The second-order valence-electron chi connectivity index (χ2n) is 10.9. The first kappa shape index (κ1) is 28.0. The van der Waals surface area contributed by atoms with Crippen LogP contribution in [0.25, 0.3) is 11.4 Å². The summed E-state index contributed by atoms with van der Waals surface area (Å²) in [5.41, 5.74) is 16.3. The third-order valence-corrected chi connectivity index (χ3v) is 7.36. The van der Waals surface area contributed by atoms with Crippen molar-refractivity contribution in [1.29, 1.82) is 0 Å². The Hall–Kier alpha value is -3.04. The smallest absolute Gasteiger partial charge is 0.177 e. The van der Waals surface area contributed by atoms with Gasteiger partial charge in [-0.3, -0.25) is 9.98 Å². The van der Waals surface area contributed by atoms with Gasteiger partial charge in [0.2, 0.25) is 0 Å². The Morgan fingerprint density at radius 1 is 1.21 bits per heavy atom. The van der Waals surface area contributed by atoms with Gasteiger partial charge in [-0.05, 0) is 71.7 Å². The average molecular weight is 521 g/mol. The Kier molecular flexibility index (Phi) is 8.99. The largest absolute Gasteiger partial charge is 0.491 e. The summed E-state index contributed by atoms with van der Waals surface area (Å²) in [5.74, 6) is 3.13. The first-order valence-electron chi connectivity index (χ1n) is 13.9. The molecule has 4 N–H and O–H groups in total. The molecule has 0 aliphatic carbocycles. The fraction of sp³-hybridized carbons (Fsp3) is 0.586. The van der Waals surface area contributed by atoms with Crippen LogP contribution in [0.15, 0.2) is 39.4 Å². The van der Waals surface area contributed by atoms with E-state index in [0.29, 0.717) is 49.0 Å². The van der Waals surface area contributed by atoms with Gasteiger partial charge in [-0.15, -0.1) is 0 Å². The molecule has 0 radical (unpaired) electrons. The van der Waals surface area contributed by atoms with Gasteiger partial charge in [-0.2, -0.15) is 0 Å². The zero-order chi connectivity index (χ0) is 27.4. The molecule has 1 saturated heterocycles. The Morgan fingerprint density at radius 3 is 2.66 bits per heavy atom. The number of aromatic nitrogens is 2. The number of hydrogen-bond acceptors (Lipinski definition) is 6. The SMILES string of the molecule is CN=C(C1CCCN(C(C)C)C1)C(CN)c1ccc2c(c1)OCCn1cc(C(N=C(C)N)=NC(C)C)nc1-2. The minimum absolute atomic E-state index is 0.0521. The first-order chi connectivity index (χ1) is 18.2. The number of aliphatic imine (C=N–C) groups is 3. The van der Waals surface area contributed by atoms with Crippen LogP contribution in [0, 0.1) is 5.92 Å². The summed E-state index contributed by atoms with van der Waals surface area (Å²) in [6.45, 7) is 14.3. The lowest BCUT2D eigenvalue weighted by Crippen LogP contribution is -2.44. The van der Waals surface area contributed by atoms with Crippen LogP contribution in [0.1, 0.15) is 64.6 Å². The van der Waals surface area contributed by atoms with Crippen LogP contribution in [0.5, 0.6) is 5.75 Å². The van der Waals surface area contributed by atoms with Gasteiger partial charge >= 0.3 is 0 Å². The molecular weight excluding hydrogens is 476 g/mol. The molecule has 206 valence electrons. The van der Waals surface area contributed by atoms with Gasteiger partial charge in [0.15, 0.2) is 5.84 Å². The molecule has 1 fully saturated rings. The predicted molar refractivity (Wildman–Crippen MR) is 157 cm³/mol. The Morgan fingerprint density at radius 2 is 2.00 bits per heavy atom. The van der Waals surface area contributed by atoms with Gasteiger partial charge in [-0.1, -0.05) is 6.07 Å². The molecule has 0 saturated carbocycles. The van der Waals surface area contributed by atoms with Gasteiger partial charge in [0.05, 0.1) is 17.9 Å². The summed E-state index contributed by atoms with van der Waals surface area (Å²) in [6.07, 6.45) is 4.33. The molecule has 2 aliphatic heterocycles. The zero-order valence-corrected chi connectivity index (χ0v) is 23.8. The maximum absolute atomic E-state index is 6.39. The quantitative estimate of drug-likeness (QED) is 0.426. The van der Waals surface area contributed by atoms with Crippen molar-refractivity contribution in [3.8, 4) is 17.1 Å². The molecule has 1 aromatic heterocycles. The molecule has 4 rings (SSSR count). The van der Waals surface area contributed by atoms with Crippen molar-refractivity contribution in [2.45, 2.75) is 72.0 Å². The van der Waals surface area contributed by atoms with Gasteiger partial charge in [0.25, 0.3) is 0 Å². The van der Waals surface area contributed by atoms with Crippen molar-refractivity contribution in [1.82, 2.24) is 14.5 Å². The normalized spacial score (nSPS) is 20.2. The van der Waals surface area contributed by atoms with E-state index in [1.807, 2.05) is 27.1 Å². The molecular formula is C29H44N8O. The van der Waals surface area contributed by atoms with Crippen LogP contribution in [0.4, 0.5) is 0 Å². The number of piperidine rings is 1. The number of fused-ring (bicyclic) bond motifs is 3. The van der Waals surface area contributed by atoms with Crippen LogP contribution in [-0.4, -0.2) is 77.2 Å². The van der Waals surface area contributed by atoms with Gasteiger partial charge < -0.3 is 25.7 Å². The summed E-state index contributed by atoms with van der Waals surface area (Å²) >= 11 is 0. The number of nitrogens with zero attached hydrogens (tertiary/aromatic N) is 6. The maximum atomic E-state index is 6.39. The summed E-state index contributed by atoms with van der Waals surface area (Å²) in [6, 6.07) is 7.01. The van der Waals surface area contributed by atoms with E-state index in [1.165, 1.54) is 12.1 Å². The molecule has 2 aromatic rings. The highest BCUT2D eigenvalue weighted by molar-refractivity contribution is 6.05. The van der Waals surface area contributed by atoms with Crippen LogP contribution >= 0.6 is 0 Å². The van der Waals surface area contributed by atoms with Crippen molar-refractivity contribution in [3.05, 3.63) is 35.7 Å². The molecule has 1 aromatic carbocycles. The molecule has 2 aliphatic rings. The molecule has 2 unspecified atom stereocenters. The van der Waals surface area contributed by atoms with E-state index in [1.54, 1.807) is 6.92 Å². The fourth-order valence-electron chi connectivity index (χ4n) is 5.55. The predicted octanol–water partition coefficient (Wildman–Crippen LogP) is 3.71. The van der Waals surface area contributed by atoms with Gasteiger partial charge in [0.1, 0.15) is 23.9 Å². The summed E-state index contributed by atoms with van der Waals surface area (Å²) in [5, 5.41) is 0. The van der Waals surface area contributed by atoms with Crippen LogP contribution in [0.2, 0.25) is 0 Å². The van der Waals surface area contributed by atoms with E-state index in [4.69, 9.17) is 26.2 Å². The number of likely N-dealkylation sites (tertiary alicyclic amines) is 1. The Balaban J connectivity index is 1.67. The number of imidazole rings is 1. The Bertz CT molecular complexity index is 1210. The lowest BCUT2D eigenvalue weighted by atomic mass is 9.82. The third kappa shape index (κ3) is 6.15. The van der Waals surface area contributed by atoms with Crippen molar-refractivity contribution < 1.29 is 4.74 Å². The number of rotatable bonds is 7. The highest BCUT2D eigenvalue weighted by atomic mass is 16.5. The molecule has 0 spiro atoms. The fourth-order valence-corrected chi connectivity index (χ4v) is 5.55. The van der Waals surface area contributed by atoms with Crippen LogP contribution in [0.3, 0.4) is 0 Å². The minimum atomic E-state index is 0.0521. The van der Waals surface area contributed by atoms with Gasteiger partial charge in [-0.25, -0.2) is 9.98 Å². The van der Waals surface area contributed by atoms with Gasteiger partial charge in [0, 0.05) is 56.0 Å². The van der Waals surface area contributed by atoms with E-state index >= 15 is 0 Å². The summed E-state index contributed by atoms with van der Waals surface area (Å²) < 4.78 is 8.34. The molecule has 0 bridgehead atoms. The number of amidine groups is 2. The first-order valence-corrected chi connectivity index (χ1v) is 13.9. The van der Waals surface area contributed by atoms with Crippen LogP contribution in [-0.2, 0) is 6.54 Å². The van der Waals surface area contributed by atoms with Crippen LogP contribution < -0.4 is 16.2 Å². The Labute approximate surface area is 227 Å². The molecule has 9 heteroatoms. The number of ether oxygens (including phenoxy) is 1. The second-order valence-corrected chi connectivity index (χ2v) is 10.9. The van der Waals surface area contributed by atoms with E-state index in [2.05, 4.69) is 51.5 Å². The summed E-state index contributed by atoms with van der Waals surface area (Å²) in [4.78, 5) is 21.4. The lowest BCUT2D eigenvalue weighted by molar-refractivity contribution is 0.163. The minimum Gasteiger partial charge on any atom is -0.491 e. The van der Waals surface area contributed by atoms with Crippen molar-refractivity contribution >= 4 is 17.4 Å². The molecule has 38 heavy (non-hydrogen) atoms. The highest BCUT2D eigenvalue weighted by Crippen LogP contribution is 2.36. The molecule has 3 heterocycles. The highest BCUT2D eigenvalue weighted by Gasteiger charge is 2.31. The molecule has 9 nitrogen and oxygen atoms in total. The second kappa shape index (κ2) is 12.2. The number of hydrogen-bond donors (Lipinski definition) is 2. The zero-order valence-electron chi connectivity index (χ0n) is 23.8. The molecule has 0 amide bonds. The number of benzene rings is 1. The average Bonchev–Trinajstić information content (AvgIpc) is 3.22. The van der Waals surface area contributed by atoms with Crippen molar-refractivity contribution in [3.63, 3.8) is 0 Å². The third-order valence-electron chi connectivity index (χ3n) is 7.36. The standard InChI is InChI=1S/C29H44N8O/c1-18(2)33-28(34-20(5)31)25-17-37-12-13-38-26-14-21(9-10-23(26)29(37)35-25)24(15-30)27(32-6)22-8-7-11-36(16-22)19(3)4/h9-10,14,17-19,22,24H,7-8,11-13,15-16,30H2,1-6H3,(H2,31,33,34). The van der Waals surface area contributed by atoms with Crippen molar-refractivity contribution in [2.24, 2.45) is 32.4 Å². The van der Waals surface area contributed by atoms with E-state index < -0.39 is 0 Å². The monoisotopic (exact) mass is 520 g/mol. The maximum Gasteiger partial charge on any atom is 0.177 e. The summed E-state index contributed by atoms with van der Waals surface area (Å²) in [7, 11) is 1.91. The van der Waals surface area contributed by atoms with E-state index in [-0.39, 0.29) is 12.0 Å². The topological polar surface area (TPSA) is 119 Å². The lowest BCUT2D eigenvalue weighted by Gasteiger charge is -2.37. The van der Waals surface area contributed by atoms with E-state index in [0.717, 1.165) is 42.2 Å². The van der Waals surface area contributed by atoms with Crippen molar-refractivity contribution in [2.75, 3.05) is 33.3 Å².